The molecule has 1 heterocycles. The summed E-state index contributed by atoms with van der Waals surface area (Å²) in [4.78, 5) is 22.5. The topological polar surface area (TPSA) is 84.2 Å². The maximum absolute atomic E-state index is 11.7. The molecule has 0 aliphatic heterocycles. The van der Waals surface area contributed by atoms with E-state index in [0.717, 1.165) is 12.0 Å². The normalized spacial score (nSPS) is 22.8. The Morgan fingerprint density at radius 1 is 1.53 bits per heavy atom. The Balaban J connectivity index is 1.82. The molecule has 1 saturated carbocycles. The Morgan fingerprint density at radius 3 is 2.89 bits per heavy atom. The van der Waals surface area contributed by atoms with Gasteiger partial charge in [0.1, 0.15) is 0 Å². The van der Waals surface area contributed by atoms with Gasteiger partial charge in [-0.05, 0) is 25.3 Å². The molecule has 0 saturated heterocycles. The number of aliphatic carboxylic acids is 1. The van der Waals surface area contributed by atoms with E-state index in [4.69, 9.17) is 5.11 Å². The van der Waals surface area contributed by atoms with Crippen molar-refractivity contribution in [3.05, 3.63) is 24.0 Å². The number of nitrogens with zero attached hydrogens (tertiary/aromatic N) is 2. The fourth-order valence-corrected chi connectivity index (χ4v) is 2.28. The lowest BCUT2D eigenvalue weighted by Gasteiger charge is -2.10. The summed E-state index contributed by atoms with van der Waals surface area (Å²) in [5.74, 6) is -1.30. The molecule has 6 nitrogen and oxygen atoms in total. The van der Waals surface area contributed by atoms with Crippen molar-refractivity contribution in [3.8, 4) is 0 Å². The van der Waals surface area contributed by atoms with E-state index in [9.17, 15) is 9.59 Å². The standard InChI is InChI=1S/C13H17N3O3/c1-16-8-9(7-14-16)2-5-12(17)15-11-4-3-10(6-11)13(18)19/h2,5,7-8,10-11H,3-4,6H2,1H3,(H,15,17)(H,18,19). The number of rotatable bonds is 4. The van der Waals surface area contributed by atoms with Gasteiger partial charge in [-0.25, -0.2) is 0 Å². The van der Waals surface area contributed by atoms with Crippen LogP contribution >= 0.6 is 0 Å². The van der Waals surface area contributed by atoms with Crippen LogP contribution in [0.1, 0.15) is 24.8 Å². The first-order chi connectivity index (χ1) is 9.04. The molecule has 0 bridgehead atoms. The number of aryl methyl sites for hydroxylation is 1. The Bertz CT molecular complexity index is 507. The maximum Gasteiger partial charge on any atom is 0.306 e. The minimum absolute atomic E-state index is 0.0350. The molecule has 1 fully saturated rings. The predicted molar refractivity (Wildman–Crippen MR) is 69.1 cm³/mol. The molecule has 1 aromatic heterocycles. The Morgan fingerprint density at radius 2 is 2.32 bits per heavy atom. The maximum atomic E-state index is 11.7. The summed E-state index contributed by atoms with van der Waals surface area (Å²) < 4.78 is 1.66. The lowest BCUT2D eigenvalue weighted by atomic mass is 10.1. The summed E-state index contributed by atoms with van der Waals surface area (Å²) >= 11 is 0. The Hall–Kier alpha value is -2.11. The quantitative estimate of drug-likeness (QED) is 0.787. The summed E-state index contributed by atoms with van der Waals surface area (Å²) in [5, 5.41) is 15.7. The fourth-order valence-electron chi connectivity index (χ4n) is 2.28. The van der Waals surface area contributed by atoms with Crippen LogP contribution in [-0.2, 0) is 16.6 Å². The van der Waals surface area contributed by atoms with Crippen LogP contribution in [0.15, 0.2) is 18.5 Å². The zero-order valence-corrected chi connectivity index (χ0v) is 10.7. The average molecular weight is 263 g/mol. The summed E-state index contributed by atoms with van der Waals surface area (Å²) in [6.45, 7) is 0. The number of aromatic nitrogens is 2. The zero-order chi connectivity index (χ0) is 13.8. The smallest absolute Gasteiger partial charge is 0.306 e. The van der Waals surface area contributed by atoms with Crippen molar-refractivity contribution < 1.29 is 14.7 Å². The number of amides is 1. The molecule has 0 aromatic carbocycles. The first kappa shape index (κ1) is 13.3. The van der Waals surface area contributed by atoms with Crippen LogP contribution in [0.2, 0.25) is 0 Å². The van der Waals surface area contributed by atoms with Crippen LogP contribution in [-0.4, -0.2) is 32.8 Å². The zero-order valence-electron chi connectivity index (χ0n) is 10.7. The second kappa shape index (κ2) is 5.69. The highest BCUT2D eigenvalue weighted by Crippen LogP contribution is 2.25. The highest BCUT2D eigenvalue weighted by Gasteiger charge is 2.30. The third kappa shape index (κ3) is 3.67. The number of hydrogen-bond donors (Lipinski definition) is 2. The molecule has 1 amide bonds. The van der Waals surface area contributed by atoms with Crippen molar-refractivity contribution >= 4 is 18.0 Å². The van der Waals surface area contributed by atoms with Crippen LogP contribution in [0.25, 0.3) is 6.08 Å². The van der Waals surface area contributed by atoms with Gasteiger partial charge in [-0.3, -0.25) is 14.3 Å². The van der Waals surface area contributed by atoms with Crippen LogP contribution in [0, 0.1) is 5.92 Å². The van der Waals surface area contributed by atoms with Gasteiger partial charge < -0.3 is 10.4 Å². The number of carbonyl (C=O) groups excluding carboxylic acids is 1. The third-order valence-corrected chi connectivity index (χ3v) is 3.28. The number of nitrogens with one attached hydrogen (secondary N) is 1. The lowest BCUT2D eigenvalue weighted by Crippen LogP contribution is -2.31. The Labute approximate surface area is 111 Å². The van der Waals surface area contributed by atoms with Crippen molar-refractivity contribution in [1.29, 1.82) is 0 Å². The van der Waals surface area contributed by atoms with Gasteiger partial charge in [0, 0.05) is 30.9 Å². The van der Waals surface area contributed by atoms with Gasteiger partial charge in [0.25, 0.3) is 0 Å². The second-order valence-corrected chi connectivity index (χ2v) is 4.83. The molecule has 19 heavy (non-hydrogen) atoms. The van der Waals surface area contributed by atoms with Gasteiger partial charge in [-0.1, -0.05) is 0 Å². The van der Waals surface area contributed by atoms with E-state index >= 15 is 0 Å². The molecule has 2 atom stereocenters. The molecule has 0 spiro atoms. The number of hydrogen-bond acceptors (Lipinski definition) is 3. The minimum Gasteiger partial charge on any atom is -0.481 e. The molecule has 102 valence electrons. The molecule has 1 aromatic rings. The van der Waals surface area contributed by atoms with Crippen LogP contribution in [0.5, 0.6) is 0 Å². The highest BCUT2D eigenvalue weighted by molar-refractivity contribution is 5.91. The molecule has 2 rings (SSSR count). The monoisotopic (exact) mass is 263 g/mol. The van der Waals surface area contributed by atoms with Crippen molar-refractivity contribution in [2.24, 2.45) is 13.0 Å². The SMILES string of the molecule is Cn1cc(C=CC(=O)NC2CCC(C(=O)O)C2)cn1. The van der Waals surface area contributed by atoms with Gasteiger partial charge in [0.2, 0.25) is 5.91 Å². The van der Waals surface area contributed by atoms with Gasteiger partial charge >= 0.3 is 5.97 Å². The third-order valence-electron chi connectivity index (χ3n) is 3.28. The van der Waals surface area contributed by atoms with Crippen molar-refractivity contribution in [2.75, 3.05) is 0 Å². The predicted octanol–water partition coefficient (Wildman–Crippen LogP) is 0.803. The number of carboxylic acid groups (broad SMARTS) is 1. The molecule has 1 aliphatic carbocycles. The first-order valence-electron chi connectivity index (χ1n) is 6.24. The summed E-state index contributed by atoms with van der Waals surface area (Å²) in [6, 6.07) is -0.0350. The second-order valence-electron chi connectivity index (χ2n) is 4.83. The van der Waals surface area contributed by atoms with E-state index in [-0.39, 0.29) is 17.9 Å². The van der Waals surface area contributed by atoms with E-state index in [1.807, 2.05) is 7.05 Å². The molecular formula is C13H17N3O3. The van der Waals surface area contributed by atoms with Crippen molar-refractivity contribution in [1.82, 2.24) is 15.1 Å². The molecule has 2 N–H and O–H groups in total. The van der Waals surface area contributed by atoms with E-state index in [1.165, 1.54) is 6.08 Å². The van der Waals surface area contributed by atoms with Crippen molar-refractivity contribution in [3.63, 3.8) is 0 Å². The molecule has 2 unspecified atom stereocenters. The fraction of sp³-hybridized carbons (Fsp3) is 0.462. The minimum atomic E-state index is -0.775. The van der Waals surface area contributed by atoms with Gasteiger partial charge in [0.15, 0.2) is 0 Å². The van der Waals surface area contributed by atoms with E-state index in [2.05, 4.69) is 10.4 Å². The average Bonchev–Trinajstić information content (AvgIpc) is 2.96. The summed E-state index contributed by atoms with van der Waals surface area (Å²) in [6.07, 6.45) is 8.48. The van der Waals surface area contributed by atoms with E-state index in [1.54, 1.807) is 23.2 Å². The molecule has 0 radical (unpaired) electrons. The highest BCUT2D eigenvalue weighted by atomic mass is 16.4. The van der Waals surface area contributed by atoms with E-state index in [0.29, 0.717) is 12.8 Å². The van der Waals surface area contributed by atoms with Gasteiger partial charge in [0.05, 0.1) is 12.1 Å². The molecule has 6 heteroatoms. The Kier molecular flexibility index (Phi) is 3.99. The van der Waals surface area contributed by atoms with Crippen LogP contribution < -0.4 is 5.32 Å². The van der Waals surface area contributed by atoms with Gasteiger partial charge in [-0.15, -0.1) is 0 Å². The molecular weight excluding hydrogens is 246 g/mol. The first-order valence-corrected chi connectivity index (χ1v) is 6.24. The van der Waals surface area contributed by atoms with Crippen molar-refractivity contribution in [2.45, 2.75) is 25.3 Å². The largest absolute Gasteiger partial charge is 0.481 e. The summed E-state index contributed by atoms with van der Waals surface area (Å²) in [5.41, 5.74) is 0.854. The van der Waals surface area contributed by atoms with Crippen LogP contribution in [0.3, 0.4) is 0 Å². The van der Waals surface area contributed by atoms with E-state index < -0.39 is 5.97 Å². The van der Waals surface area contributed by atoms with Gasteiger partial charge in [-0.2, -0.15) is 5.10 Å². The number of carbonyl (C=O) groups is 2. The number of carboxylic acids is 1. The lowest BCUT2D eigenvalue weighted by molar-refractivity contribution is -0.141. The van der Waals surface area contributed by atoms with Crippen LogP contribution in [0.4, 0.5) is 0 Å². The summed E-state index contributed by atoms with van der Waals surface area (Å²) in [7, 11) is 1.81. The molecule has 1 aliphatic rings.